The highest BCUT2D eigenvalue weighted by atomic mass is 16.2. The van der Waals surface area contributed by atoms with Gasteiger partial charge in [0, 0.05) is 12.6 Å². The fourth-order valence-electron chi connectivity index (χ4n) is 4.27. The van der Waals surface area contributed by atoms with E-state index >= 15 is 0 Å². The highest BCUT2D eigenvalue weighted by molar-refractivity contribution is 5.74. The van der Waals surface area contributed by atoms with E-state index in [1.165, 1.54) is 36.8 Å². The molecule has 0 aromatic heterocycles. The molecule has 0 spiro atoms. The Morgan fingerprint density at radius 1 is 1.04 bits per heavy atom. The highest BCUT2D eigenvalue weighted by Gasteiger charge is 2.23. The van der Waals surface area contributed by atoms with E-state index in [0.29, 0.717) is 12.0 Å². The molecule has 0 saturated heterocycles. The lowest BCUT2D eigenvalue weighted by atomic mass is 9.83. The van der Waals surface area contributed by atoms with Crippen LogP contribution in [0.4, 0.5) is 4.79 Å². The fraction of sp³-hybridized carbons (Fsp3) is 0.650. The number of fused-ring (bicyclic) bond motifs is 1. The molecule has 3 rings (SSSR count). The van der Waals surface area contributed by atoms with Gasteiger partial charge in [0.25, 0.3) is 0 Å². The SMILES string of the molecule is CCCC1CCC(NC(=O)NCC2Cc3ccccc3C2)CC1. The topological polar surface area (TPSA) is 41.1 Å². The molecule has 2 aliphatic rings. The molecule has 0 unspecified atom stereocenters. The lowest BCUT2D eigenvalue weighted by Gasteiger charge is -2.29. The zero-order valence-electron chi connectivity index (χ0n) is 14.3. The maximum atomic E-state index is 12.1. The highest BCUT2D eigenvalue weighted by Crippen LogP contribution is 2.28. The van der Waals surface area contributed by atoms with Crippen molar-refractivity contribution in [3.8, 4) is 0 Å². The molecule has 1 fully saturated rings. The zero-order valence-corrected chi connectivity index (χ0v) is 14.3. The smallest absolute Gasteiger partial charge is 0.315 e. The van der Waals surface area contributed by atoms with Crippen LogP contribution in [-0.4, -0.2) is 18.6 Å². The first kappa shape index (κ1) is 16.4. The van der Waals surface area contributed by atoms with Crippen LogP contribution in [-0.2, 0) is 12.8 Å². The maximum absolute atomic E-state index is 12.1. The van der Waals surface area contributed by atoms with Gasteiger partial charge in [0.1, 0.15) is 0 Å². The van der Waals surface area contributed by atoms with Crippen LogP contribution < -0.4 is 10.6 Å². The number of benzene rings is 1. The van der Waals surface area contributed by atoms with Crippen LogP contribution in [0.15, 0.2) is 24.3 Å². The van der Waals surface area contributed by atoms with Gasteiger partial charge in [-0.3, -0.25) is 0 Å². The van der Waals surface area contributed by atoms with Crippen LogP contribution in [0, 0.1) is 11.8 Å². The van der Waals surface area contributed by atoms with E-state index in [4.69, 9.17) is 0 Å². The predicted octanol–water partition coefficient (Wildman–Crippen LogP) is 4.06. The normalized spacial score (nSPS) is 24.2. The predicted molar refractivity (Wildman–Crippen MR) is 94.5 cm³/mol. The zero-order chi connectivity index (χ0) is 16.1. The third-order valence-electron chi connectivity index (χ3n) is 5.57. The Kier molecular flexibility index (Phi) is 5.58. The van der Waals surface area contributed by atoms with Crippen molar-refractivity contribution >= 4 is 6.03 Å². The van der Waals surface area contributed by atoms with Gasteiger partial charge in [0.2, 0.25) is 0 Å². The molecule has 0 radical (unpaired) electrons. The molecule has 2 N–H and O–H groups in total. The number of hydrogen-bond acceptors (Lipinski definition) is 1. The molecular formula is C20H30N2O. The molecule has 2 amide bonds. The lowest BCUT2D eigenvalue weighted by Crippen LogP contribution is -2.45. The summed E-state index contributed by atoms with van der Waals surface area (Å²) in [7, 11) is 0. The molecule has 1 aromatic rings. The van der Waals surface area contributed by atoms with Crippen molar-refractivity contribution in [3.05, 3.63) is 35.4 Å². The summed E-state index contributed by atoms with van der Waals surface area (Å²) >= 11 is 0. The van der Waals surface area contributed by atoms with Crippen molar-refractivity contribution in [2.24, 2.45) is 11.8 Å². The van der Waals surface area contributed by atoms with E-state index < -0.39 is 0 Å². The summed E-state index contributed by atoms with van der Waals surface area (Å²) < 4.78 is 0. The van der Waals surface area contributed by atoms with Gasteiger partial charge >= 0.3 is 6.03 Å². The minimum Gasteiger partial charge on any atom is -0.338 e. The second-order valence-corrected chi connectivity index (χ2v) is 7.40. The molecule has 23 heavy (non-hydrogen) atoms. The first-order valence-corrected chi connectivity index (χ1v) is 9.35. The van der Waals surface area contributed by atoms with Gasteiger partial charge in [-0.15, -0.1) is 0 Å². The number of carbonyl (C=O) groups excluding carboxylic acids is 1. The fourth-order valence-corrected chi connectivity index (χ4v) is 4.27. The van der Waals surface area contributed by atoms with E-state index in [-0.39, 0.29) is 6.03 Å². The van der Waals surface area contributed by atoms with E-state index in [2.05, 4.69) is 41.8 Å². The molecule has 0 aliphatic heterocycles. The third-order valence-corrected chi connectivity index (χ3v) is 5.57. The minimum absolute atomic E-state index is 0.0277. The first-order valence-electron chi connectivity index (χ1n) is 9.35. The monoisotopic (exact) mass is 314 g/mol. The van der Waals surface area contributed by atoms with Crippen molar-refractivity contribution in [2.45, 2.75) is 64.3 Å². The molecule has 1 saturated carbocycles. The van der Waals surface area contributed by atoms with Crippen molar-refractivity contribution in [1.82, 2.24) is 10.6 Å². The van der Waals surface area contributed by atoms with Crippen LogP contribution in [0.2, 0.25) is 0 Å². The Bertz CT molecular complexity index is 495. The average molecular weight is 314 g/mol. The van der Waals surface area contributed by atoms with Gasteiger partial charge in [-0.05, 0) is 61.5 Å². The van der Waals surface area contributed by atoms with Gasteiger partial charge < -0.3 is 10.6 Å². The first-order chi connectivity index (χ1) is 11.2. The average Bonchev–Trinajstić information content (AvgIpc) is 2.98. The molecule has 126 valence electrons. The van der Waals surface area contributed by atoms with Gasteiger partial charge in [0.15, 0.2) is 0 Å². The number of rotatable bonds is 5. The minimum atomic E-state index is 0.0277. The van der Waals surface area contributed by atoms with Crippen LogP contribution in [0.3, 0.4) is 0 Å². The van der Waals surface area contributed by atoms with Crippen LogP contribution in [0.5, 0.6) is 0 Å². The summed E-state index contributed by atoms with van der Waals surface area (Å²) in [6.45, 7) is 3.05. The summed E-state index contributed by atoms with van der Waals surface area (Å²) in [5.74, 6) is 1.44. The molecule has 0 heterocycles. The third kappa shape index (κ3) is 4.49. The molecule has 2 aliphatic carbocycles. The Morgan fingerprint density at radius 3 is 2.30 bits per heavy atom. The van der Waals surface area contributed by atoms with E-state index in [1.807, 2.05) is 0 Å². The number of hydrogen-bond donors (Lipinski definition) is 2. The van der Waals surface area contributed by atoms with Crippen molar-refractivity contribution in [1.29, 1.82) is 0 Å². The molecule has 0 atom stereocenters. The van der Waals surface area contributed by atoms with Gasteiger partial charge in [-0.25, -0.2) is 4.79 Å². The molecule has 3 nitrogen and oxygen atoms in total. The summed E-state index contributed by atoms with van der Waals surface area (Å²) in [5.41, 5.74) is 2.91. The second kappa shape index (κ2) is 7.85. The molecule has 0 bridgehead atoms. The van der Waals surface area contributed by atoms with Crippen molar-refractivity contribution in [3.63, 3.8) is 0 Å². The number of amides is 2. The Morgan fingerprint density at radius 2 is 1.70 bits per heavy atom. The van der Waals surface area contributed by atoms with Gasteiger partial charge in [0.05, 0.1) is 0 Å². The Labute approximate surface area is 140 Å². The van der Waals surface area contributed by atoms with Crippen LogP contribution in [0.25, 0.3) is 0 Å². The lowest BCUT2D eigenvalue weighted by molar-refractivity contribution is 0.223. The van der Waals surface area contributed by atoms with E-state index in [9.17, 15) is 4.79 Å². The number of nitrogens with one attached hydrogen (secondary N) is 2. The summed E-state index contributed by atoms with van der Waals surface area (Å²) in [6.07, 6.45) is 9.67. The Balaban J connectivity index is 1.35. The van der Waals surface area contributed by atoms with Gasteiger partial charge in [-0.2, -0.15) is 0 Å². The van der Waals surface area contributed by atoms with Gasteiger partial charge in [-0.1, -0.05) is 44.0 Å². The molecule has 3 heteroatoms. The molecular weight excluding hydrogens is 284 g/mol. The second-order valence-electron chi connectivity index (χ2n) is 7.40. The van der Waals surface area contributed by atoms with E-state index in [1.54, 1.807) is 0 Å². The van der Waals surface area contributed by atoms with Crippen LogP contribution >= 0.6 is 0 Å². The number of urea groups is 1. The van der Waals surface area contributed by atoms with Crippen molar-refractivity contribution in [2.75, 3.05) is 6.54 Å². The summed E-state index contributed by atoms with van der Waals surface area (Å²) in [4.78, 5) is 12.1. The Hall–Kier alpha value is -1.51. The van der Waals surface area contributed by atoms with Crippen molar-refractivity contribution < 1.29 is 4.79 Å². The standard InChI is InChI=1S/C20H30N2O/c1-2-5-15-8-10-19(11-9-15)22-20(23)21-14-16-12-17-6-3-4-7-18(17)13-16/h3-4,6-7,15-16,19H,2,5,8-14H2,1H3,(H2,21,22,23). The summed E-state index contributed by atoms with van der Waals surface area (Å²) in [5, 5.41) is 6.27. The largest absolute Gasteiger partial charge is 0.338 e. The molecule has 1 aromatic carbocycles. The number of carbonyl (C=O) groups is 1. The quantitative estimate of drug-likeness (QED) is 0.845. The van der Waals surface area contributed by atoms with Crippen LogP contribution in [0.1, 0.15) is 56.6 Å². The van der Waals surface area contributed by atoms with E-state index in [0.717, 1.165) is 38.1 Å². The summed E-state index contributed by atoms with van der Waals surface area (Å²) in [6, 6.07) is 9.05. The maximum Gasteiger partial charge on any atom is 0.315 e.